The van der Waals surface area contributed by atoms with Crippen molar-refractivity contribution in [2.45, 2.75) is 20.3 Å². The molecule has 0 rings (SSSR count). The van der Waals surface area contributed by atoms with Gasteiger partial charge in [0.05, 0.1) is 6.54 Å². The van der Waals surface area contributed by atoms with E-state index in [1.165, 1.54) is 13.8 Å². The van der Waals surface area contributed by atoms with Crippen molar-refractivity contribution in [3.8, 4) is 0 Å². The SMILES string of the molecule is CCC(=O)NS(=O)(=O)NCC(C)=O. The number of nitrogens with one attached hydrogen (secondary N) is 2. The topological polar surface area (TPSA) is 92.3 Å². The highest BCUT2D eigenvalue weighted by Crippen LogP contribution is 1.81. The van der Waals surface area contributed by atoms with Crippen LogP contribution in [0.15, 0.2) is 0 Å². The first-order valence-electron chi connectivity index (χ1n) is 3.67. The predicted octanol–water partition coefficient (Wildman–Crippen LogP) is -1.06. The molecule has 76 valence electrons. The van der Waals surface area contributed by atoms with Gasteiger partial charge in [0.2, 0.25) is 5.91 Å². The summed E-state index contributed by atoms with van der Waals surface area (Å²) in [5, 5.41) is 0. The standard InChI is InChI=1S/C6H12N2O4S/c1-3-6(10)8-13(11,12)7-4-5(2)9/h7H,3-4H2,1-2H3,(H,8,10). The van der Waals surface area contributed by atoms with E-state index in [1.807, 2.05) is 4.72 Å². The number of Topliss-reactive ketones (excluding diaryl/α,β-unsaturated/α-hetero) is 1. The molecule has 0 atom stereocenters. The molecule has 0 aromatic rings. The van der Waals surface area contributed by atoms with Crippen molar-refractivity contribution >= 4 is 21.9 Å². The Hall–Kier alpha value is -0.950. The lowest BCUT2D eigenvalue weighted by molar-refractivity contribution is -0.119. The van der Waals surface area contributed by atoms with E-state index in [1.54, 1.807) is 4.72 Å². The Morgan fingerprint density at radius 3 is 2.23 bits per heavy atom. The largest absolute Gasteiger partial charge is 0.301 e. The van der Waals surface area contributed by atoms with Crippen molar-refractivity contribution < 1.29 is 18.0 Å². The van der Waals surface area contributed by atoms with Gasteiger partial charge in [0.15, 0.2) is 0 Å². The highest BCUT2D eigenvalue weighted by atomic mass is 32.2. The van der Waals surface area contributed by atoms with Gasteiger partial charge in [-0.25, -0.2) is 4.72 Å². The van der Waals surface area contributed by atoms with E-state index in [0.29, 0.717) is 0 Å². The highest BCUT2D eigenvalue weighted by molar-refractivity contribution is 7.88. The fourth-order valence-corrected chi connectivity index (χ4v) is 1.36. The Morgan fingerprint density at radius 1 is 1.31 bits per heavy atom. The van der Waals surface area contributed by atoms with E-state index in [4.69, 9.17) is 0 Å². The van der Waals surface area contributed by atoms with Crippen LogP contribution in [0, 0.1) is 0 Å². The number of hydrogen-bond acceptors (Lipinski definition) is 4. The zero-order chi connectivity index (χ0) is 10.5. The third-order valence-corrected chi connectivity index (χ3v) is 2.10. The summed E-state index contributed by atoms with van der Waals surface area (Å²) in [7, 11) is -3.86. The van der Waals surface area contributed by atoms with Crippen LogP contribution < -0.4 is 9.44 Å². The number of ketones is 1. The summed E-state index contributed by atoms with van der Waals surface area (Å²) in [4.78, 5) is 21.1. The number of rotatable bonds is 5. The van der Waals surface area contributed by atoms with Crippen LogP contribution in [0.1, 0.15) is 20.3 Å². The highest BCUT2D eigenvalue weighted by Gasteiger charge is 2.12. The normalized spacial score (nSPS) is 10.9. The van der Waals surface area contributed by atoms with Gasteiger partial charge in [-0.2, -0.15) is 13.1 Å². The van der Waals surface area contributed by atoms with Crippen LogP contribution in [0.25, 0.3) is 0 Å². The predicted molar refractivity (Wildman–Crippen MR) is 46.0 cm³/mol. The van der Waals surface area contributed by atoms with Gasteiger partial charge >= 0.3 is 10.2 Å². The summed E-state index contributed by atoms with van der Waals surface area (Å²) in [6.45, 7) is 2.45. The van der Waals surface area contributed by atoms with E-state index in [9.17, 15) is 18.0 Å². The molecule has 7 heteroatoms. The minimum atomic E-state index is -3.86. The van der Waals surface area contributed by atoms with Crippen molar-refractivity contribution in [1.82, 2.24) is 9.44 Å². The molecule has 0 aliphatic rings. The maximum atomic E-state index is 10.9. The van der Waals surface area contributed by atoms with Crippen LogP contribution in [0.5, 0.6) is 0 Å². The van der Waals surface area contributed by atoms with E-state index in [2.05, 4.69) is 0 Å². The van der Waals surface area contributed by atoms with E-state index in [-0.39, 0.29) is 18.7 Å². The Labute approximate surface area is 76.9 Å². The molecule has 0 bridgehead atoms. The lowest BCUT2D eigenvalue weighted by atomic mass is 10.5. The molecule has 0 saturated carbocycles. The van der Waals surface area contributed by atoms with Gasteiger partial charge in [-0.05, 0) is 6.92 Å². The summed E-state index contributed by atoms with van der Waals surface area (Å²) in [6, 6.07) is 0. The molecule has 0 aliphatic carbocycles. The van der Waals surface area contributed by atoms with Crippen LogP contribution in [-0.4, -0.2) is 26.7 Å². The second-order valence-corrected chi connectivity index (χ2v) is 3.91. The molecule has 0 radical (unpaired) electrons. The van der Waals surface area contributed by atoms with Gasteiger partial charge < -0.3 is 0 Å². The fourth-order valence-electron chi connectivity index (χ4n) is 0.455. The van der Waals surface area contributed by atoms with Crippen molar-refractivity contribution in [2.75, 3.05) is 6.54 Å². The maximum absolute atomic E-state index is 10.9. The lowest BCUT2D eigenvalue weighted by Gasteiger charge is -2.04. The first-order valence-corrected chi connectivity index (χ1v) is 5.15. The molecule has 0 unspecified atom stereocenters. The second-order valence-electron chi connectivity index (χ2n) is 2.41. The van der Waals surface area contributed by atoms with Crippen LogP contribution in [0.3, 0.4) is 0 Å². The minimum Gasteiger partial charge on any atom is -0.299 e. The van der Waals surface area contributed by atoms with E-state index in [0.717, 1.165) is 0 Å². The molecule has 0 heterocycles. The Morgan fingerprint density at radius 2 is 1.85 bits per heavy atom. The number of amides is 1. The van der Waals surface area contributed by atoms with Gasteiger partial charge in [-0.3, -0.25) is 9.59 Å². The monoisotopic (exact) mass is 208 g/mol. The summed E-state index contributed by atoms with van der Waals surface area (Å²) in [5.41, 5.74) is 0. The maximum Gasteiger partial charge on any atom is 0.301 e. The second kappa shape index (κ2) is 4.93. The van der Waals surface area contributed by atoms with Crippen LogP contribution in [0.2, 0.25) is 0 Å². The number of carbonyl (C=O) groups is 2. The average molecular weight is 208 g/mol. The van der Waals surface area contributed by atoms with E-state index < -0.39 is 16.1 Å². The Balaban J connectivity index is 4.10. The number of hydrogen-bond donors (Lipinski definition) is 2. The molecule has 13 heavy (non-hydrogen) atoms. The molecule has 0 aromatic heterocycles. The molecule has 2 N–H and O–H groups in total. The van der Waals surface area contributed by atoms with Gasteiger partial charge in [0.25, 0.3) is 0 Å². The number of carbonyl (C=O) groups excluding carboxylic acids is 2. The van der Waals surface area contributed by atoms with Crippen molar-refractivity contribution in [1.29, 1.82) is 0 Å². The average Bonchev–Trinajstić information content (AvgIpc) is 2.00. The van der Waals surface area contributed by atoms with Crippen LogP contribution >= 0.6 is 0 Å². The molecule has 0 aliphatic heterocycles. The smallest absolute Gasteiger partial charge is 0.299 e. The molecule has 0 spiro atoms. The molecular weight excluding hydrogens is 196 g/mol. The van der Waals surface area contributed by atoms with Gasteiger partial charge in [0.1, 0.15) is 5.78 Å². The first kappa shape index (κ1) is 12.0. The molecule has 1 amide bonds. The minimum absolute atomic E-state index is 0.0704. The Bertz CT molecular complexity index is 296. The van der Waals surface area contributed by atoms with Crippen LogP contribution in [0.4, 0.5) is 0 Å². The van der Waals surface area contributed by atoms with Crippen LogP contribution in [-0.2, 0) is 19.8 Å². The fraction of sp³-hybridized carbons (Fsp3) is 0.667. The third-order valence-electron chi connectivity index (χ3n) is 1.08. The van der Waals surface area contributed by atoms with Crippen molar-refractivity contribution in [2.24, 2.45) is 0 Å². The van der Waals surface area contributed by atoms with Gasteiger partial charge in [-0.1, -0.05) is 6.92 Å². The van der Waals surface area contributed by atoms with Gasteiger partial charge in [-0.15, -0.1) is 0 Å². The summed E-state index contributed by atoms with van der Waals surface area (Å²) < 4.78 is 25.5. The molecular formula is C6H12N2O4S. The quantitative estimate of drug-likeness (QED) is 0.602. The third kappa shape index (κ3) is 6.23. The van der Waals surface area contributed by atoms with Crippen molar-refractivity contribution in [3.63, 3.8) is 0 Å². The summed E-state index contributed by atoms with van der Waals surface area (Å²) in [6.07, 6.45) is 0.0704. The zero-order valence-corrected chi connectivity index (χ0v) is 8.27. The van der Waals surface area contributed by atoms with Crippen molar-refractivity contribution in [3.05, 3.63) is 0 Å². The Kier molecular flexibility index (Phi) is 4.57. The first-order chi connectivity index (χ1) is 5.87. The molecule has 6 nitrogen and oxygen atoms in total. The molecule has 0 fully saturated rings. The van der Waals surface area contributed by atoms with E-state index >= 15 is 0 Å². The lowest BCUT2D eigenvalue weighted by Crippen LogP contribution is -2.41. The molecule has 0 saturated heterocycles. The summed E-state index contributed by atoms with van der Waals surface area (Å²) in [5.74, 6) is -0.939. The zero-order valence-electron chi connectivity index (χ0n) is 7.46. The summed E-state index contributed by atoms with van der Waals surface area (Å²) >= 11 is 0. The molecule has 0 aromatic carbocycles. The van der Waals surface area contributed by atoms with Gasteiger partial charge in [0, 0.05) is 6.42 Å².